The average Bonchev–Trinajstić information content (AvgIpc) is 2.58. The van der Waals surface area contributed by atoms with Crippen molar-refractivity contribution in [3.05, 3.63) is 29.8 Å². The molecular weight excluding hydrogens is 375 g/mol. The first-order valence-corrected chi connectivity index (χ1v) is 9.09. The van der Waals surface area contributed by atoms with E-state index in [1.807, 2.05) is 20.8 Å². The molecule has 2 unspecified atom stereocenters. The summed E-state index contributed by atoms with van der Waals surface area (Å²) in [7, 11) is 1.30. The predicted octanol–water partition coefficient (Wildman–Crippen LogP) is 4.13. The number of carbonyl (C=O) groups excluding carboxylic acids is 2. The fourth-order valence-electron chi connectivity index (χ4n) is 3.39. The number of benzene rings is 1. The molecule has 8 heteroatoms. The number of halogens is 3. The molecule has 0 aliphatic carbocycles. The van der Waals surface area contributed by atoms with E-state index in [9.17, 15) is 22.8 Å². The van der Waals surface area contributed by atoms with Crippen molar-refractivity contribution in [3.63, 3.8) is 0 Å². The summed E-state index contributed by atoms with van der Waals surface area (Å²) in [5.74, 6) is -1.41. The van der Waals surface area contributed by atoms with Crippen LogP contribution < -0.4 is 4.74 Å². The average molecular weight is 401 g/mol. The molecule has 1 heterocycles. The summed E-state index contributed by atoms with van der Waals surface area (Å²) in [5.41, 5.74) is 0.554. The number of likely N-dealkylation sites (tertiary alicyclic amines) is 1. The first-order chi connectivity index (χ1) is 12.9. The lowest BCUT2D eigenvalue weighted by molar-refractivity contribution is -0.274. The summed E-state index contributed by atoms with van der Waals surface area (Å²) in [4.78, 5) is 26.4. The highest BCUT2D eigenvalue weighted by Gasteiger charge is 2.36. The second-order valence-electron chi connectivity index (χ2n) is 8.31. The van der Waals surface area contributed by atoms with Crippen LogP contribution in [0.5, 0.6) is 5.75 Å². The highest BCUT2D eigenvalue weighted by atomic mass is 19.4. The molecule has 156 valence electrons. The molecule has 1 fully saturated rings. The zero-order valence-electron chi connectivity index (χ0n) is 16.5. The van der Waals surface area contributed by atoms with Crippen molar-refractivity contribution in [2.24, 2.45) is 11.3 Å². The smallest absolute Gasteiger partial charge is 0.469 e. The van der Waals surface area contributed by atoms with Gasteiger partial charge in [0.25, 0.3) is 0 Å². The van der Waals surface area contributed by atoms with E-state index in [1.165, 1.54) is 31.4 Å². The van der Waals surface area contributed by atoms with Crippen LogP contribution in [-0.4, -0.2) is 43.3 Å². The van der Waals surface area contributed by atoms with Crippen molar-refractivity contribution >= 4 is 11.9 Å². The summed E-state index contributed by atoms with van der Waals surface area (Å²) >= 11 is 0. The van der Waals surface area contributed by atoms with Crippen molar-refractivity contribution in [2.45, 2.75) is 45.9 Å². The van der Waals surface area contributed by atoms with Gasteiger partial charge in [0.05, 0.1) is 13.0 Å². The number of esters is 1. The van der Waals surface area contributed by atoms with Gasteiger partial charge in [-0.15, -0.1) is 13.2 Å². The Balaban J connectivity index is 2.19. The number of amides is 1. The highest BCUT2D eigenvalue weighted by Crippen LogP contribution is 2.34. The molecule has 0 spiro atoms. The fraction of sp³-hybridized carbons (Fsp3) is 0.600. The lowest BCUT2D eigenvalue weighted by Gasteiger charge is -2.38. The maximum Gasteiger partial charge on any atom is 0.573 e. The summed E-state index contributed by atoms with van der Waals surface area (Å²) in [6.07, 6.45) is -3.95. The second kappa shape index (κ2) is 8.41. The number of methoxy groups -OCH3 is 1. The van der Waals surface area contributed by atoms with Gasteiger partial charge in [-0.2, -0.15) is 0 Å². The Bertz CT molecular complexity index is 695. The third-order valence-electron chi connectivity index (χ3n) is 4.60. The third-order valence-corrected chi connectivity index (χ3v) is 4.60. The molecule has 28 heavy (non-hydrogen) atoms. The highest BCUT2D eigenvalue weighted by molar-refractivity contribution is 5.79. The van der Waals surface area contributed by atoms with Crippen molar-refractivity contribution in [1.82, 2.24) is 4.90 Å². The molecule has 1 aliphatic rings. The topological polar surface area (TPSA) is 55.8 Å². The van der Waals surface area contributed by atoms with Crippen LogP contribution in [0.1, 0.15) is 45.1 Å². The van der Waals surface area contributed by atoms with E-state index in [2.05, 4.69) is 4.74 Å². The van der Waals surface area contributed by atoms with Crippen LogP contribution in [0, 0.1) is 11.3 Å². The third kappa shape index (κ3) is 6.42. The number of carbonyl (C=O) groups is 2. The minimum absolute atomic E-state index is 0.0527. The van der Waals surface area contributed by atoms with Crippen LogP contribution in [0.2, 0.25) is 0 Å². The Hall–Kier alpha value is -2.25. The van der Waals surface area contributed by atoms with Gasteiger partial charge < -0.3 is 14.4 Å². The summed E-state index contributed by atoms with van der Waals surface area (Å²) in [6.45, 7) is 6.58. The maximum absolute atomic E-state index is 12.7. The monoisotopic (exact) mass is 401 g/mol. The lowest BCUT2D eigenvalue weighted by Crippen LogP contribution is -2.46. The molecule has 0 bridgehead atoms. The van der Waals surface area contributed by atoms with Crippen molar-refractivity contribution in [1.29, 1.82) is 0 Å². The second-order valence-corrected chi connectivity index (χ2v) is 8.31. The van der Waals surface area contributed by atoms with Gasteiger partial charge >= 0.3 is 12.3 Å². The molecule has 0 N–H and O–H groups in total. The zero-order valence-corrected chi connectivity index (χ0v) is 16.5. The van der Waals surface area contributed by atoms with Gasteiger partial charge in [0, 0.05) is 25.4 Å². The predicted molar refractivity (Wildman–Crippen MR) is 96.6 cm³/mol. The van der Waals surface area contributed by atoms with E-state index in [0.29, 0.717) is 19.4 Å². The van der Waals surface area contributed by atoms with Crippen molar-refractivity contribution in [3.8, 4) is 5.75 Å². The van der Waals surface area contributed by atoms with Gasteiger partial charge in [-0.05, 0) is 29.5 Å². The van der Waals surface area contributed by atoms with Crippen LogP contribution in [-0.2, 0) is 14.3 Å². The largest absolute Gasteiger partial charge is 0.573 e. The number of alkyl halides is 3. The molecular formula is C20H26F3NO4. The molecule has 1 aromatic carbocycles. The van der Waals surface area contributed by atoms with Crippen LogP contribution >= 0.6 is 0 Å². The number of hydrogen-bond donors (Lipinski definition) is 0. The Morgan fingerprint density at radius 3 is 2.21 bits per heavy atom. The number of hydrogen-bond acceptors (Lipinski definition) is 4. The number of nitrogens with zero attached hydrogens (tertiary/aromatic N) is 1. The molecule has 1 aromatic rings. The lowest BCUT2D eigenvalue weighted by atomic mass is 9.83. The standard InChI is InChI=1S/C20H26F3NO4/c1-19(2,3)10-17(25)24-11-14(9-15(12-24)18(26)27-4)13-5-7-16(8-6-13)28-20(21,22)23/h5-8,14-15H,9-12H2,1-4H3. The van der Waals surface area contributed by atoms with Crippen LogP contribution in [0.15, 0.2) is 24.3 Å². The Morgan fingerprint density at radius 2 is 1.71 bits per heavy atom. The first-order valence-electron chi connectivity index (χ1n) is 9.09. The fourth-order valence-corrected chi connectivity index (χ4v) is 3.39. The van der Waals surface area contributed by atoms with E-state index in [4.69, 9.17) is 4.74 Å². The SMILES string of the molecule is COC(=O)C1CC(c2ccc(OC(F)(F)F)cc2)CN(C(=O)CC(C)(C)C)C1. The van der Waals surface area contributed by atoms with Gasteiger partial charge in [-0.25, -0.2) is 0 Å². The molecule has 0 radical (unpaired) electrons. The van der Waals surface area contributed by atoms with Crippen LogP contribution in [0.25, 0.3) is 0 Å². The molecule has 1 saturated heterocycles. The van der Waals surface area contributed by atoms with Gasteiger partial charge in [0.2, 0.25) is 5.91 Å². The Morgan fingerprint density at radius 1 is 1.11 bits per heavy atom. The van der Waals surface area contributed by atoms with E-state index >= 15 is 0 Å². The summed E-state index contributed by atoms with van der Waals surface area (Å²) in [6, 6.07) is 5.56. The Labute approximate surface area is 162 Å². The van der Waals surface area contributed by atoms with Gasteiger partial charge in [0.15, 0.2) is 0 Å². The molecule has 2 atom stereocenters. The van der Waals surface area contributed by atoms with Gasteiger partial charge in [-0.3, -0.25) is 9.59 Å². The van der Waals surface area contributed by atoms with Crippen LogP contribution in [0.4, 0.5) is 13.2 Å². The molecule has 1 amide bonds. The maximum atomic E-state index is 12.7. The van der Waals surface area contributed by atoms with Crippen molar-refractivity contribution in [2.75, 3.05) is 20.2 Å². The minimum atomic E-state index is -4.75. The van der Waals surface area contributed by atoms with E-state index in [0.717, 1.165) is 5.56 Å². The van der Waals surface area contributed by atoms with E-state index in [-0.39, 0.29) is 29.5 Å². The quantitative estimate of drug-likeness (QED) is 0.712. The van der Waals surface area contributed by atoms with Crippen LogP contribution in [0.3, 0.4) is 0 Å². The van der Waals surface area contributed by atoms with Crippen molar-refractivity contribution < 1.29 is 32.2 Å². The first kappa shape index (κ1) is 22.0. The van der Waals surface area contributed by atoms with Gasteiger partial charge in [-0.1, -0.05) is 32.9 Å². The normalized spacial score (nSPS) is 20.6. The minimum Gasteiger partial charge on any atom is -0.469 e. The molecule has 0 saturated carbocycles. The Kier molecular flexibility index (Phi) is 6.62. The number of ether oxygens (including phenoxy) is 2. The van der Waals surface area contributed by atoms with E-state index in [1.54, 1.807) is 4.90 Å². The molecule has 0 aromatic heterocycles. The summed E-state index contributed by atoms with van der Waals surface area (Å²) in [5, 5.41) is 0. The molecule has 5 nitrogen and oxygen atoms in total. The number of piperidine rings is 1. The van der Waals surface area contributed by atoms with Gasteiger partial charge in [0.1, 0.15) is 5.75 Å². The molecule has 2 rings (SSSR count). The zero-order chi connectivity index (χ0) is 21.1. The summed E-state index contributed by atoms with van der Waals surface area (Å²) < 4.78 is 45.8. The number of rotatable bonds is 4. The molecule has 1 aliphatic heterocycles. The van der Waals surface area contributed by atoms with E-state index < -0.39 is 18.2 Å².